The van der Waals surface area contributed by atoms with Crippen molar-refractivity contribution in [2.24, 2.45) is 5.11 Å². The number of carbonyl (C=O) groups excluding carboxylic acids is 1. The van der Waals surface area contributed by atoms with Crippen molar-refractivity contribution >= 4 is 5.97 Å². The van der Waals surface area contributed by atoms with E-state index in [2.05, 4.69) is 15.0 Å². The molecule has 0 spiro atoms. The van der Waals surface area contributed by atoms with Gasteiger partial charge in [0, 0.05) is 11.5 Å². The van der Waals surface area contributed by atoms with E-state index in [1.165, 1.54) is 18.2 Å². The molecule has 2 unspecified atom stereocenters. The Labute approximate surface area is 115 Å². The fraction of sp³-hybridized carbons (Fsp3) is 0.500. The van der Waals surface area contributed by atoms with Crippen molar-refractivity contribution in [2.75, 3.05) is 13.2 Å². The molecule has 0 amide bonds. The lowest BCUT2D eigenvalue weighted by atomic mass is 10.1. The average Bonchev–Trinajstić information content (AvgIpc) is 2.47. The number of aliphatic hydroxyl groups excluding tert-OH is 2. The maximum atomic E-state index is 11.5. The molecule has 2 atom stereocenters. The van der Waals surface area contributed by atoms with Crippen LogP contribution in [0.2, 0.25) is 0 Å². The van der Waals surface area contributed by atoms with Crippen LogP contribution in [-0.2, 0) is 4.74 Å². The molecule has 0 bridgehead atoms. The molecule has 8 heteroatoms. The first-order valence-electron chi connectivity index (χ1n) is 6.11. The van der Waals surface area contributed by atoms with Gasteiger partial charge in [0.25, 0.3) is 0 Å². The Morgan fingerprint density at radius 1 is 1.55 bits per heavy atom. The SMILES string of the molecule is CCOC(=O)c1cccc(C(O)C(O)CCN=[N+]=[N-])n1. The summed E-state index contributed by atoms with van der Waals surface area (Å²) in [6.45, 7) is 1.96. The first-order chi connectivity index (χ1) is 9.60. The quantitative estimate of drug-likeness (QED) is 0.337. The molecule has 0 aliphatic rings. The number of carbonyl (C=O) groups is 1. The molecule has 20 heavy (non-hydrogen) atoms. The highest BCUT2D eigenvalue weighted by atomic mass is 16.5. The average molecular weight is 280 g/mol. The molecule has 108 valence electrons. The largest absolute Gasteiger partial charge is 0.461 e. The van der Waals surface area contributed by atoms with Crippen LogP contribution in [-0.4, -0.2) is 40.4 Å². The van der Waals surface area contributed by atoms with Crippen molar-refractivity contribution in [1.82, 2.24) is 4.98 Å². The van der Waals surface area contributed by atoms with Gasteiger partial charge in [0.15, 0.2) is 0 Å². The van der Waals surface area contributed by atoms with Crippen LogP contribution in [0.5, 0.6) is 0 Å². The molecule has 0 radical (unpaired) electrons. The van der Waals surface area contributed by atoms with Gasteiger partial charge in [-0.1, -0.05) is 11.2 Å². The van der Waals surface area contributed by atoms with E-state index in [1.807, 2.05) is 0 Å². The van der Waals surface area contributed by atoms with E-state index in [4.69, 9.17) is 10.3 Å². The molecule has 1 aromatic rings. The fourth-order valence-electron chi connectivity index (χ4n) is 1.52. The van der Waals surface area contributed by atoms with E-state index in [0.717, 1.165) is 0 Å². The molecule has 8 nitrogen and oxygen atoms in total. The maximum absolute atomic E-state index is 11.5. The van der Waals surface area contributed by atoms with Crippen LogP contribution in [0.3, 0.4) is 0 Å². The highest BCUT2D eigenvalue weighted by Crippen LogP contribution is 2.17. The Balaban J connectivity index is 2.77. The van der Waals surface area contributed by atoms with Gasteiger partial charge >= 0.3 is 5.97 Å². The van der Waals surface area contributed by atoms with Gasteiger partial charge < -0.3 is 14.9 Å². The summed E-state index contributed by atoms with van der Waals surface area (Å²) in [6, 6.07) is 4.49. The minimum Gasteiger partial charge on any atom is -0.461 e. The lowest BCUT2D eigenvalue weighted by Crippen LogP contribution is -2.21. The third-order valence-corrected chi connectivity index (χ3v) is 2.51. The van der Waals surface area contributed by atoms with Crippen LogP contribution in [0.4, 0.5) is 0 Å². The number of pyridine rings is 1. The van der Waals surface area contributed by atoms with Crippen LogP contribution < -0.4 is 0 Å². The van der Waals surface area contributed by atoms with E-state index in [1.54, 1.807) is 6.92 Å². The van der Waals surface area contributed by atoms with Crippen molar-refractivity contribution in [3.05, 3.63) is 40.0 Å². The van der Waals surface area contributed by atoms with Crippen LogP contribution >= 0.6 is 0 Å². The van der Waals surface area contributed by atoms with Crippen molar-refractivity contribution in [2.45, 2.75) is 25.6 Å². The van der Waals surface area contributed by atoms with E-state index in [0.29, 0.717) is 0 Å². The second-order valence-electron chi connectivity index (χ2n) is 3.92. The molecule has 1 aromatic heterocycles. The zero-order valence-corrected chi connectivity index (χ0v) is 11.0. The van der Waals surface area contributed by atoms with Crippen molar-refractivity contribution < 1.29 is 19.7 Å². The normalized spacial score (nSPS) is 13.2. The van der Waals surface area contributed by atoms with Crippen molar-refractivity contribution in [1.29, 1.82) is 0 Å². The van der Waals surface area contributed by atoms with Crippen LogP contribution in [0.1, 0.15) is 35.6 Å². The van der Waals surface area contributed by atoms with Crippen molar-refractivity contribution in [3.8, 4) is 0 Å². The number of hydrogen-bond donors (Lipinski definition) is 2. The summed E-state index contributed by atoms with van der Waals surface area (Å²) >= 11 is 0. The molecule has 1 rings (SSSR count). The smallest absolute Gasteiger partial charge is 0.356 e. The summed E-state index contributed by atoms with van der Waals surface area (Å²) in [7, 11) is 0. The highest BCUT2D eigenvalue weighted by Gasteiger charge is 2.20. The molecule has 0 fully saturated rings. The number of esters is 1. The third kappa shape index (κ3) is 4.51. The Kier molecular flexibility index (Phi) is 6.45. The van der Waals surface area contributed by atoms with Crippen molar-refractivity contribution in [3.63, 3.8) is 0 Å². The summed E-state index contributed by atoms with van der Waals surface area (Å²) in [6.07, 6.45) is -2.31. The summed E-state index contributed by atoms with van der Waals surface area (Å²) in [4.78, 5) is 18.0. The summed E-state index contributed by atoms with van der Waals surface area (Å²) < 4.78 is 4.80. The zero-order valence-electron chi connectivity index (χ0n) is 11.0. The molecule has 0 aliphatic heterocycles. The summed E-state index contributed by atoms with van der Waals surface area (Å²) in [5.41, 5.74) is 8.35. The fourth-order valence-corrected chi connectivity index (χ4v) is 1.52. The van der Waals surface area contributed by atoms with E-state index >= 15 is 0 Å². The van der Waals surface area contributed by atoms with Crippen LogP contribution in [0, 0.1) is 0 Å². The van der Waals surface area contributed by atoms with Crippen LogP contribution in [0.15, 0.2) is 23.3 Å². The van der Waals surface area contributed by atoms with Gasteiger partial charge in [0.2, 0.25) is 0 Å². The number of ether oxygens (including phenoxy) is 1. The van der Waals surface area contributed by atoms with Gasteiger partial charge in [-0.25, -0.2) is 9.78 Å². The van der Waals surface area contributed by atoms with Gasteiger partial charge in [-0.05, 0) is 31.0 Å². The number of azide groups is 1. The number of nitrogens with zero attached hydrogens (tertiary/aromatic N) is 4. The summed E-state index contributed by atoms with van der Waals surface area (Å²) in [5, 5.41) is 22.9. The molecule has 0 saturated heterocycles. The van der Waals surface area contributed by atoms with E-state index in [9.17, 15) is 15.0 Å². The molecule has 0 saturated carbocycles. The lowest BCUT2D eigenvalue weighted by Gasteiger charge is -2.16. The number of aliphatic hydroxyl groups is 2. The molecular weight excluding hydrogens is 264 g/mol. The second-order valence-corrected chi connectivity index (χ2v) is 3.92. The second kappa shape index (κ2) is 8.11. The molecule has 0 aliphatic carbocycles. The topological polar surface area (TPSA) is 128 Å². The van der Waals surface area contributed by atoms with E-state index < -0.39 is 18.2 Å². The standard InChI is InChI=1S/C12H16N4O4/c1-2-20-12(19)9-5-3-4-8(15-9)11(18)10(17)6-7-14-16-13/h3-5,10-11,17-18H,2,6-7H2,1H3. The predicted molar refractivity (Wildman–Crippen MR) is 69.8 cm³/mol. The number of rotatable bonds is 7. The Bertz CT molecular complexity index is 502. The predicted octanol–water partition coefficient (Wildman–Crippen LogP) is 1.35. The van der Waals surface area contributed by atoms with Crippen LogP contribution in [0.25, 0.3) is 10.4 Å². The van der Waals surface area contributed by atoms with Gasteiger partial charge in [0.1, 0.15) is 11.8 Å². The van der Waals surface area contributed by atoms with Gasteiger partial charge in [-0.3, -0.25) is 0 Å². The van der Waals surface area contributed by atoms with Gasteiger partial charge in [0.05, 0.1) is 18.4 Å². The Hall–Kier alpha value is -2.15. The first kappa shape index (κ1) is 15.9. The van der Waals surface area contributed by atoms with E-state index in [-0.39, 0.29) is 31.0 Å². The molecule has 2 N–H and O–H groups in total. The minimum atomic E-state index is -1.27. The molecular formula is C12H16N4O4. The Morgan fingerprint density at radius 3 is 2.95 bits per heavy atom. The van der Waals surface area contributed by atoms with Gasteiger partial charge in [-0.2, -0.15) is 0 Å². The maximum Gasteiger partial charge on any atom is 0.356 e. The number of hydrogen-bond acceptors (Lipinski definition) is 6. The molecule has 1 heterocycles. The third-order valence-electron chi connectivity index (χ3n) is 2.51. The monoisotopic (exact) mass is 280 g/mol. The molecule has 0 aromatic carbocycles. The highest BCUT2D eigenvalue weighted by molar-refractivity contribution is 5.87. The lowest BCUT2D eigenvalue weighted by molar-refractivity contribution is 0.0122. The Morgan fingerprint density at radius 2 is 2.30 bits per heavy atom. The summed E-state index contributed by atoms with van der Waals surface area (Å²) in [5.74, 6) is -0.592. The minimum absolute atomic E-state index is 0.0608. The number of aromatic nitrogens is 1. The zero-order chi connectivity index (χ0) is 15.0. The van der Waals surface area contributed by atoms with Gasteiger partial charge in [-0.15, -0.1) is 0 Å². The first-order valence-corrected chi connectivity index (χ1v) is 6.11.